The number of aromatic nitrogens is 1. The Hall–Kier alpha value is -1.51. The van der Waals surface area contributed by atoms with Gasteiger partial charge in [-0.2, -0.15) is 0 Å². The van der Waals surface area contributed by atoms with Crippen LogP contribution in [0.15, 0.2) is 36.1 Å². The molecular weight excluding hydrogens is 140 g/mol. The van der Waals surface area contributed by atoms with Crippen LogP contribution in [0.25, 0.3) is 0 Å². The summed E-state index contributed by atoms with van der Waals surface area (Å²) in [5.74, 6) is 0. The Kier molecular flexibility index (Phi) is 2.49. The van der Waals surface area contributed by atoms with Gasteiger partial charge in [0.15, 0.2) is 0 Å². The van der Waals surface area contributed by atoms with Gasteiger partial charge in [0.2, 0.25) is 0 Å². The van der Waals surface area contributed by atoms with E-state index in [2.05, 4.69) is 11.7 Å². The van der Waals surface area contributed by atoms with E-state index in [4.69, 9.17) is 5.21 Å². The molecule has 0 fully saturated rings. The van der Waals surface area contributed by atoms with E-state index < -0.39 is 0 Å². The van der Waals surface area contributed by atoms with Gasteiger partial charge in [-0.05, 0) is 12.1 Å². The minimum Gasteiger partial charge on any atom is -0.411 e. The third kappa shape index (κ3) is 1.70. The first-order valence-electron chi connectivity index (χ1n) is 3.32. The summed E-state index contributed by atoms with van der Waals surface area (Å²) in [5, 5.41) is 11.2. The van der Waals surface area contributed by atoms with E-state index in [-0.39, 0.29) is 0 Å². The predicted octanol–water partition coefficient (Wildman–Crippen LogP) is 1.48. The lowest BCUT2D eigenvalue weighted by Crippen LogP contribution is -1.98. The smallest absolute Gasteiger partial charge is 0.0898 e. The first-order chi connectivity index (χ1) is 5.38. The summed E-state index contributed by atoms with van der Waals surface area (Å²) in [6.07, 6.45) is 5.08. The second-order valence-corrected chi connectivity index (χ2v) is 2.12. The fraction of sp³-hybridized carbons (Fsp3) is 0.125. The van der Waals surface area contributed by atoms with Gasteiger partial charge >= 0.3 is 0 Å². The molecule has 3 nitrogen and oxygen atoms in total. The molecule has 0 unspecified atom stereocenters. The summed E-state index contributed by atoms with van der Waals surface area (Å²) >= 11 is 0. The number of hydrogen-bond donors (Lipinski definition) is 1. The van der Waals surface area contributed by atoms with Gasteiger partial charge in [0.25, 0.3) is 0 Å². The monoisotopic (exact) mass is 150 g/mol. The van der Waals surface area contributed by atoms with Crippen molar-refractivity contribution in [3.63, 3.8) is 0 Å². The Morgan fingerprint density at radius 2 is 2.55 bits per heavy atom. The van der Waals surface area contributed by atoms with Gasteiger partial charge in [-0.15, -0.1) is 6.58 Å². The van der Waals surface area contributed by atoms with Crippen molar-refractivity contribution >= 4 is 6.21 Å². The maximum absolute atomic E-state index is 8.26. The molecule has 1 heterocycles. The number of rotatable bonds is 3. The topological polar surface area (TPSA) is 37.5 Å². The van der Waals surface area contributed by atoms with E-state index in [1.165, 1.54) is 6.21 Å². The molecule has 0 saturated heterocycles. The molecule has 0 atom stereocenters. The van der Waals surface area contributed by atoms with Crippen LogP contribution >= 0.6 is 0 Å². The summed E-state index contributed by atoms with van der Waals surface area (Å²) in [6.45, 7) is 4.34. The Morgan fingerprint density at radius 3 is 3.18 bits per heavy atom. The van der Waals surface area contributed by atoms with E-state index in [0.29, 0.717) is 0 Å². The molecule has 0 radical (unpaired) electrons. The predicted molar refractivity (Wildman–Crippen MR) is 44.0 cm³/mol. The van der Waals surface area contributed by atoms with Crippen molar-refractivity contribution in [2.75, 3.05) is 0 Å². The maximum atomic E-state index is 8.26. The van der Waals surface area contributed by atoms with Crippen molar-refractivity contribution in [3.8, 4) is 0 Å². The summed E-state index contributed by atoms with van der Waals surface area (Å²) in [5.41, 5.74) is 0.868. The lowest BCUT2D eigenvalue weighted by Gasteiger charge is -1.99. The molecule has 0 aromatic carbocycles. The van der Waals surface area contributed by atoms with E-state index in [9.17, 15) is 0 Å². The van der Waals surface area contributed by atoms with Crippen molar-refractivity contribution in [1.29, 1.82) is 0 Å². The van der Waals surface area contributed by atoms with Crippen LogP contribution in [0, 0.1) is 0 Å². The highest BCUT2D eigenvalue weighted by molar-refractivity contribution is 5.76. The summed E-state index contributed by atoms with van der Waals surface area (Å²) in [4.78, 5) is 0. The molecule has 0 aliphatic carbocycles. The summed E-state index contributed by atoms with van der Waals surface area (Å²) in [6, 6.07) is 3.75. The van der Waals surface area contributed by atoms with Crippen molar-refractivity contribution in [2.24, 2.45) is 5.16 Å². The fourth-order valence-corrected chi connectivity index (χ4v) is 0.909. The second kappa shape index (κ2) is 3.61. The zero-order valence-corrected chi connectivity index (χ0v) is 6.14. The van der Waals surface area contributed by atoms with Crippen molar-refractivity contribution in [3.05, 3.63) is 36.7 Å². The standard InChI is InChI=1S/C8H10N2O/c1-2-5-10-6-3-4-8(10)7-9-11/h2-4,6-7,11H,1,5H2/b9-7-. The van der Waals surface area contributed by atoms with Gasteiger partial charge in [0.1, 0.15) is 0 Å². The molecule has 1 rings (SSSR count). The van der Waals surface area contributed by atoms with Gasteiger partial charge in [0.05, 0.1) is 11.9 Å². The first-order valence-corrected chi connectivity index (χ1v) is 3.32. The molecule has 0 saturated carbocycles. The second-order valence-electron chi connectivity index (χ2n) is 2.12. The van der Waals surface area contributed by atoms with E-state index >= 15 is 0 Å². The first kappa shape index (κ1) is 7.60. The average molecular weight is 150 g/mol. The number of hydrogen-bond acceptors (Lipinski definition) is 2. The Bertz CT molecular complexity index is 263. The van der Waals surface area contributed by atoms with E-state index in [1.807, 2.05) is 22.9 Å². The van der Waals surface area contributed by atoms with Crippen molar-refractivity contribution in [1.82, 2.24) is 4.57 Å². The minimum atomic E-state index is 0.731. The molecule has 1 aromatic rings. The van der Waals surface area contributed by atoms with Gasteiger partial charge < -0.3 is 9.77 Å². The third-order valence-corrected chi connectivity index (χ3v) is 1.38. The van der Waals surface area contributed by atoms with E-state index in [0.717, 1.165) is 12.2 Å². The molecule has 0 spiro atoms. The molecule has 1 N–H and O–H groups in total. The van der Waals surface area contributed by atoms with Gasteiger partial charge in [-0.25, -0.2) is 0 Å². The van der Waals surface area contributed by atoms with Crippen LogP contribution < -0.4 is 0 Å². The highest BCUT2D eigenvalue weighted by Crippen LogP contribution is 1.98. The van der Waals surface area contributed by atoms with Gasteiger partial charge in [0, 0.05) is 12.7 Å². The third-order valence-electron chi connectivity index (χ3n) is 1.38. The zero-order valence-electron chi connectivity index (χ0n) is 6.14. The van der Waals surface area contributed by atoms with Gasteiger partial charge in [-0.3, -0.25) is 0 Å². The SMILES string of the molecule is C=CCn1cccc1/C=N\O. The molecule has 0 bridgehead atoms. The quantitative estimate of drug-likeness (QED) is 0.301. The molecule has 0 aliphatic heterocycles. The molecule has 0 aliphatic rings. The lowest BCUT2D eigenvalue weighted by molar-refractivity contribution is 0.321. The van der Waals surface area contributed by atoms with Crippen LogP contribution in [0.5, 0.6) is 0 Å². The van der Waals surface area contributed by atoms with Gasteiger partial charge in [-0.1, -0.05) is 11.2 Å². The molecular formula is C8H10N2O. The largest absolute Gasteiger partial charge is 0.411 e. The summed E-state index contributed by atoms with van der Waals surface area (Å²) < 4.78 is 1.92. The van der Waals surface area contributed by atoms with Crippen molar-refractivity contribution < 1.29 is 5.21 Å². The van der Waals surface area contributed by atoms with Crippen LogP contribution in [-0.2, 0) is 6.54 Å². The highest BCUT2D eigenvalue weighted by atomic mass is 16.4. The molecule has 0 amide bonds. The van der Waals surface area contributed by atoms with Crippen LogP contribution in [0.1, 0.15) is 5.69 Å². The number of allylic oxidation sites excluding steroid dienone is 1. The van der Waals surface area contributed by atoms with Crippen LogP contribution in [0.3, 0.4) is 0 Å². The zero-order chi connectivity index (χ0) is 8.10. The number of oxime groups is 1. The molecule has 1 aromatic heterocycles. The Labute approximate surface area is 65.3 Å². The van der Waals surface area contributed by atoms with E-state index in [1.54, 1.807) is 6.08 Å². The Morgan fingerprint density at radius 1 is 1.73 bits per heavy atom. The van der Waals surface area contributed by atoms with Crippen LogP contribution in [0.2, 0.25) is 0 Å². The average Bonchev–Trinajstić information content (AvgIpc) is 2.39. The molecule has 11 heavy (non-hydrogen) atoms. The summed E-state index contributed by atoms with van der Waals surface area (Å²) in [7, 11) is 0. The van der Waals surface area contributed by atoms with Crippen LogP contribution in [0.4, 0.5) is 0 Å². The molecule has 58 valence electrons. The molecule has 3 heteroatoms. The Balaban J connectivity index is 2.86. The fourth-order valence-electron chi connectivity index (χ4n) is 0.909. The lowest BCUT2D eigenvalue weighted by atomic mass is 10.4. The normalized spacial score (nSPS) is 10.5. The maximum Gasteiger partial charge on any atom is 0.0898 e. The number of nitrogens with zero attached hydrogens (tertiary/aromatic N) is 2. The van der Waals surface area contributed by atoms with Crippen molar-refractivity contribution in [2.45, 2.75) is 6.54 Å². The highest BCUT2D eigenvalue weighted by Gasteiger charge is 1.93. The van der Waals surface area contributed by atoms with Crippen LogP contribution in [-0.4, -0.2) is 16.0 Å². The minimum absolute atomic E-state index is 0.731.